The lowest BCUT2D eigenvalue weighted by molar-refractivity contribution is -0.137. The summed E-state index contributed by atoms with van der Waals surface area (Å²) in [5, 5.41) is 17.6. The minimum atomic E-state index is -4.65. The van der Waals surface area contributed by atoms with Crippen LogP contribution in [0.4, 0.5) is 18.9 Å². The molecule has 128 valence electrons. The number of rotatable bonds is 3. The van der Waals surface area contributed by atoms with Crippen LogP contribution in [0.2, 0.25) is 0 Å². The van der Waals surface area contributed by atoms with Gasteiger partial charge >= 0.3 is 6.18 Å². The highest BCUT2D eigenvalue weighted by atomic mass is 32.1. The van der Waals surface area contributed by atoms with Gasteiger partial charge in [0.15, 0.2) is 5.11 Å². The van der Waals surface area contributed by atoms with Gasteiger partial charge in [-0.2, -0.15) is 18.4 Å². The molecule has 8 heteroatoms. The van der Waals surface area contributed by atoms with Crippen molar-refractivity contribution in [1.82, 2.24) is 4.90 Å². The van der Waals surface area contributed by atoms with Crippen LogP contribution in [0.15, 0.2) is 18.2 Å². The number of anilines is 1. The molecule has 0 bridgehead atoms. The van der Waals surface area contributed by atoms with Gasteiger partial charge in [-0.3, -0.25) is 10.3 Å². The molecule has 1 N–H and O–H groups in total. The standard InChI is InChI=1S/C16H17F3N4S/c1-4-7-22-14(24)23(13(21)15(22,2)3)11-6-5-10(9-20)12(8-11)16(17,18)19/h5-6,8,21H,4,7H2,1-3H3. The van der Waals surface area contributed by atoms with E-state index in [0.717, 1.165) is 18.6 Å². The first-order chi connectivity index (χ1) is 11.1. The third kappa shape index (κ3) is 2.84. The van der Waals surface area contributed by atoms with Crippen molar-refractivity contribution < 1.29 is 13.2 Å². The van der Waals surface area contributed by atoms with Crippen molar-refractivity contribution in [1.29, 1.82) is 10.7 Å². The molecule has 0 amide bonds. The zero-order chi connectivity index (χ0) is 18.3. The highest BCUT2D eigenvalue weighted by Crippen LogP contribution is 2.37. The Labute approximate surface area is 144 Å². The second-order valence-corrected chi connectivity index (χ2v) is 6.38. The molecule has 24 heavy (non-hydrogen) atoms. The van der Waals surface area contributed by atoms with Gasteiger partial charge < -0.3 is 4.90 Å². The first-order valence-electron chi connectivity index (χ1n) is 7.37. The number of benzene rings is 1. The van der Waals surface area contributed by atoms with Gasteiger partial charge in [0.05, 0.1) is 28.4 Å². The molecule has 4 nitrogen and oxygen atoms in total. The molecule has 1 aliphatic rings. The van der Waals surface area contributed by atoms with Crippen molar-refractivity contribution in [3.8, 4) is 6.07 Å². The summed E-state index contributed by atoms with van der Waals surface area (Å²) < 4.78 is 39.5. The fourth-order valence-electron chi connectivity index (χ4n) is 2.70. The average Bonchev–Trinajstić information content (AvgIpc) is 2.66. The van der Waals surface area contributed by atoms with E-state index in [9.17, 15) is 13.2 Å². The Balaban J connectivity index is 2.55. The Morgan fingerprint density at radius 1 is 1.33 bits per heavy atom. The first-order valence-corrected chi connectivity index (χ1v) is 7.78. The van der Waals surface area contributed by atoms with E-state index in [1.807, 2.05) is 25.7 Å². The van der Waals surface area contributed by atoms with E-state index in [1.165, 1.54) is 11.0 Å². The number of alkyl halides is 3. The lowest BCUT2D eigenvalue weighted by Crippen LogP contribution is -2.44. The molecule has 0 spiro atoms. The highest BCUT2D eigenvalue weighted by molar-refractivity contribution is 7.80. The molecule has 1 fully saturated rings. The maximum atomic E-state index is 13.2. The number of amidine groups is 1. The molecule has 0 unspecified atom stereocenters. The molecule has 0 atom stereocenters. The molecule has 1 heterocycles. The molecular formula is C16H17F3N4S. The van der Waals surface area contributed by atoms with Gasteiger partial charge in [-0.1, -0.05) is 6.92 Å². The number of halogens is 3. The van der Waals surface area contributed by atoms with Gasteiger partial charge in [0.1, 0.15) is 5.84 Å². The van der Waals surface area contributed by atoms with Crippen LogP contribution in [0.25, 0.3) is 0 Å². The Morgan fingerprint density at radius 2 is 1.96 bits per heavy atom. The molecule has 1 saturated heterocycles. The normalized spacial score (nSPS) is 17.4. The molecule has 1 aromatic carbocycles. The minimum Gasteiger partial charge on any atom is -0.336 e. The van der Waals surface area contributed by atoms with Gasteiger partial charge in [-0.25, -0.2) is 0 Å². The van der Waals surface area contributed by atoms with Crippen LogP contribution in [0.3, 0.4) is 0 Å². The Kier molecular flexibility index (Phi) is 4.59. The molecule has 1 aliphatic heterocycles. The Bertz CT molecular complexity index is 734. The summed E-state index contributed by atoms with van der Waals surface area (Å²) in [5.74, 6) is 0.110. The zero-order valence-corrected chi connectivity index (χ0v) is 14.3. The number of nitrogens with one attached hydrogen (secondary N) is 1. The zero-order valence-electron chi connectivity index (χ0n) is 13.5. The van der Waals surface area contributed by atoms with Gasteiger partial charge in [0.2, 0.25) is 0 Å². The second kappa shape index (κ2) is 6.06. The van der Waals surface area contributed by atoms with E-state index in [0.29, 0.717) is 11.7 Å². The predicted molar refractivity (Wildman–Crippen MR) is 90.0 cm³/mol. The van der Waals surface area contributed by atoms with E-state index >= 15 is 0 Å². The molecule has 0 saturated carbocycles. The third-order valence-corrected chi connectivity index (χ3v) is 4.44. The van der Waals surface area contributed by atoms with Crippen LogP contribution in [-0.4, -0.2) is 27.9 Å². The van der Waals surface area contributed by atoms with Gasteiger partial charge in [0.25, 0.3) is 0 Å². The number of hydrogen-bond acceptors (Lipinski definition) is 3. The van der Waals surface area contributed by atoms with E-state index in [1.54, 1.807) is 6.07 Å². The van der Waals surface area contributed by atoms with Crippen molar-refractivity contribution in [3.05, 3.63) is 29.3 Å². The molecule has 2 rings (SSSR count). The summed E-state index contributed by atoms with van der Waals surface area (Å²) in [6.07, 6.45) is -3.85. The molecule has 0 aliphatic carbocycles. The molecular weight excluding hydrogens is 337 g/mol. The molecule has 1 aromatic rings. The van der Waals surface area contributed by atoms with Crippen LogP contribution in [0.1, 0.15) is 38.3 Å². The van der Waals surface area contributed by atoms with Gasteiger partial charge in [-0.05, 0) is 50.7 Å². The SMILES string of the molecule is CCCN1C(=S)N(c2ccc(C#N)c(C(F)(F)F)c2)C(=N)C1(C)C. The Morgan fingerprint density at radius 3 is 2.46 bits per heavy atom. The largest absolute Gasteiger partial charge is 0.417 e. The lowest BCUT2D eigenvalue weighted by Gasteiger charge is -2.30. The maximum Gasteiger partial charge on any atom is 0.417 e. The first kappa shape index (κ1) is 18.2. The summed E-state index contributed by atoms with van der Waals surface area (Å²) in [6.45, 7) is 6.19. The highest BCUT2D eigenvalue weighted by Gasteiger charge is 2.46. The second-order valence-electron chi connectivity index (χ2n) is 6.02. The van der Waals surface area contributed by atoms with E-state index in [-0.39, 0.29) is 11.5 Å². The quantitative estimate of drug-likeness (QED) is 0.829. The fourth-order valence-corrected chi connectivity index (χ4v) is 3.21. The van der Waals surface area contributed by atoms with Crippen LogP contribution < -0.4 is 4.90 Å². The molecule has 0 radical (unpaired) electrons. The topological polar surface area (TPSA) is 54.1 Å². The number of hydrogen-bond donors (Lipinski definition) is 1. The average molecular weight is 354 g/mol. The van der Waals surface area contributed by atoms with Crippen molar-refractivity contribution >= 4 is 28.9 Å². The van der Waals surface area contributed by atoms with Crippen LogP contribution in [0.5, 0.6) is 0 Å². The fraction of sp³-hybridized carbons (Fsp3) is 0.438. The monoisotopic (exact) mass is 354 g/mol. The Hall–Kier alpha value is -2.14. The maximum absolute atomic E-state index is 13.2. The predicted octanol–water partition coefficient (Wildman–Crippen LogP) is 4.15. The van der Waals surface area contributed by atoms with Crippen molar-refractivity contribution in [2.24, 2.45) is 0 Å². The van der Waals surface area contributed by atoms with Gasteiger partial charge in [0, 0.05) is 6.54 Å². The third-order valence-electron chi connectivity index (χ3n) is 4.03. The van der Waals surface area contributed by atoms with Crippen molar-refractivity contribution in [2.45, 2.75) is 38.9 Å². The van der Waals surface area contributed by atoms with E-state index in [2.05, 4.69) is 0 Å². The summed E-state index contributed by atoms with van der Waals surface area (Å²) in [5.41, 5.74) is -2.04. The summed E-state index contributed by atoms with van der Waals surface area (Å²) in [6, 6.07) is 4.94. The smallest absolute Gasteiger partial charge is 0.336 e. The summed E-state index contributed by atoms with van der Waals surface area (Å²) >= 11 is 5.40. The lowest BCUT2D eigenvalue weighted by atomic mass is 10.0. The number of nitrogens with zero attached hydrogens (tertiary/aromatic N) is 3. The van der Waals surface area contributed by atoms with Crippen molar-refractivity contribution in [2.75, 3.05) is 11.4 Å². The summed E-state index contributed by atoms with van der Waals surface area (Å²) in [7, 11) is 0. The molecule has 0 aromatic heterocycles. The van der Waals surface area contributed by atoms with Crippen LogP contribution >= 0.6 is 12.2 Å². The van der Waals surface area contributed by atoms with Crippen LogP contribution in [-0.2, 0) is 6.18 Å². The summed E-state index contributed by atoms with van der Waals surface area (Å²) in [4.78, 5) is 3.16. The number of thiocarbonyl (C=S) groups is 1. The van der Waals surface area contributed by atoms with Crippen LogP contribution in [0, 0.1) is 16.7 Å². The minimum absolute atomic E-state index is 0.110. The van der Waals surface area contributed by atoms with E-state index < -0.39 is 22.8 Å². The van der Waals surface area contributed by atoms with Gasteiger partial charge in [-0.15, -0.1) is 0 Å². The van der Waals surface area contributed by atoms with E-state index in [4.69, 9.17) is 22.9 Å². The number of nitriles is 1. The van der Waals surface area contributed by atoms with Crippen molar-refractivity contribution in [3.63, 3.8) is 0 Å².